The molecule has 5 nitrogen and oxygen atoms in total. The zero-order valence-corrected chi connectivity index (χ0v) is 14.0. The third kappa shape index (κ3) is 3.31. The van der Waals surface area contributed by atoms with Gasteiger partial charge in [-0.25, -0.2) is 0 Å². The van der Waals surface area contributed by atoms with E-state index >= 15 is 0 Å². The molecule has 128 valence electrons. The molecule has 0 spiro atoms. The molecule has 2 fully saturated rings. The summed E-state index contributed by atoms with van der Waals surface area (Å²) in [5.74, 6) is 0.0504. The van der Waals surface area contributed by atoms with Crippen LogP contribution in [0.25, 0.3) is 0 Å². The fourth-order valence-corrected chi connectivity index (χ4v) is 3.87. The van der Waals surface area contributed by atoms with Crippen molar-refractivity contribution < 1.29 is 9.59 Å². The van der Waals surface area contributed by atoms with E-state index in [0.717, 1.165) is 38.9 Å². The van der Waals surface area contributed by atoms with Crippen LogP contribution < -0.4 is 5.32 Å². The second kappa shape index (κ2) is 6.55. The van der Waals surface area contributed by atoms with E-state index in [9.17, 15) is 9.59 Å². The van der Waals surface area contributed by atoms with Gasteiger partial charge in [0.25, 0.3) is 0 Å². The monoisotopic (exact) mass is 327 g/mol. The highest BCUT2D eigenvalue weighted by molar-refractivity contribution is 5.89. The highest BCUT2D eigenvalue weighted by atomic mass is 16.2. The van der Waals surface area contributed by atoms with E-state index in [4.69, 9.17) is 0 Å². The molecule has 3 aliphatic rings. The normalized spacial score (nSPS) is 24.1. The van der Waals surface area contributed by atoms with Crippen molar-refractivity contribution in [2.24, 2.45) is 5.92 Å². The van der Waals surface area contributed by atoms with E-state index in [0.29, 0.717) is 25.6 Å². The lowest BCUT2D eigenvalue weighted by Crippen LogP contribution is -2.40. The van der Waals surface area contributed by atoms with Gasteiger partial charge in [0, 0.05) is 45.2 Å². The standard InChI is InChI=1S/C19H25N3O2/c23-18-11-16(13-22(18)17-5-6-17)19(24)20-8-10-21-9-7-14-3-1-2-4-15(14)12-21/h1-4,16-17H,5-13H2,(H,20,24). The van der Waals surface area contributed by atoms with Crippen LogP contribution in [0.1, 0.15) is 30.4 Å². The molecule has 1 aromatic rings. The first-order chi connectivity index (χ1) is 11.7. The summed E-state index contributed by atoms with van der Waals surface area (Å²) in [7, 11) is 0. The molecule has 1 atom stereocenters. The lowest BCUT2D eigenvalue weighted by Gasteiger charge is -2.28. The maximum absolute atomic E-state index is 12.3. The van der Waals surface area contributed by atoms with E-state index < -0.39 is 0 Å². The summed E-state index contributed by atoms with van der Waals surface area (Å²) in [6.07, 6.45) is 3.68. The minimum atomic E-state index is -0.153. The maximum Gasteiger partial charge on any atom is 0.225 e. The molecule has 1 N–H and O–H groups in total. The largest absolute Gasteiger partial charge is 0.355 e. The number of rotatable bonds is 5. The second-order valence-electron chi connectivity index (χ2n) is 7.26. The number of carbonyl (C=O) groups is 2. The Morgan fingerprint density at radius 3 is 2.79 bits per heavy atom. The second-order valence-corrected chi connectivity index (χ2v) is 7.26. The summed E-state index contributed by atoms with van der Waals surface area (Å²) in [4.78, 5) is 28.6. The van der Waals surface area contributed by atoms with Crippen LogP contribution in [0.5, 0.6) is 0 Å². The maximum atomic E-state index is 12.3. The predicted molar refractivity (Wildman–Crippen MR) is 91.3 cm³/mol. The Morgan fingerprint density at radius 2 is 2.00 bits per heavy atom. The minimum Gasteiger partial charge on any atom is -0.355 e. The number of fused-ring (bicyclic) bond motifs is 1. The minimum absolute atomic E-state index is 0.0453. The van der Waals surface area contributed by atoms with Crippen LogP contribution in [0, 0.1) is 5.92 Å². The van der Waals surface area contributed by atoms with Gasteiger partial charge in [0.2, 0.25) is 11.8 Å². The van der Waals surface area contributed by atoms with Crippen molar-refractivity contribution in [2.75, 3.05) is 26.2 Å². The first kappa shape index (κ1) is 15.6. The first-order valence-corrected chi connectivity index (χ1v) is 9.07. The highest BCUT2D eigenvalue weighted by Gasteiger charge is 2.41. The fraction of sp³-hybridized carbons (Fsp3) is 0.579. The molecule has 0 radical (unpaired) electrons. The SMILES string of the molecule is O=C(NCCN1CCc2ccccc2C1)C1CC(=O)N(C2CC2)C1. The average Bonchev–Trinajstić information content (AvgIpc) is 3.36. The van der Waals surface area contributed by atoms with Crippen LogP contribution in [0.3, 0.4) is 0 Å². The van der Waals surface area contributed by atoms with Gasteiger partial charge in [0.1, 0.15) is 0 Å². The quantitative estimate of drug-likeness (QED) is 0.883. The number of nitrogens with one attached hydrogen (secondary N) is 1. The summed E-state index contributed by atoms with van der Waals surface area (Å²) >= 11 is 0. The van der Waals surface area contributed by atoms with E-state index in [1.54, 1.807) is 0 Å². The van der Waals surface area contributed by atoms with E-state index in [1.807, 2.05) is 4.90 Å². The molecule has 2 amide bonds. The Balaban J connectivity index is 1.22. The van der Waals surface area contributed by atoms with Crippen LogP contribution in [0.4, 0.5) is 0 Å². The van der Waals surface area contributed by atoms with E-state index in [-0.39, 0.29) is 17.7 Å². The summed E-state index contributed by atoms with van der Waals surface area (Å²) in [5.41, 5.74) is 2.85. The number of carbonyl (C=O) groups excluding carboxylic acids is 2. The lowest BCUT2D eigenvalue weighted by atomic mass is 10.00. The smallest absolute Gasteiger partial charge is 0.225 e. The zero-order chi connectivity index (χ0) is 16.5. The van der Waals surface area contributed by atoms with Gasteiger partial charge in [0.15, 0.2) is 0 Å². The van der Waals surface area contributed by atoms with Crippen molar-refractivity contribution >= 4 is 11.8 Å². The topological polar surface area (TPSA) is 52.7 Å². The Bertz CT molecular complexity index is 641. The molecule has 1 aliphatic carbocycles. The summed E-state index contributed by atoms with van der Waals surface area (Å²) in [6.45, 7) is 4.16. The Hall–Kier alpha value is -1.88. The molecule has 1 saturated carbocycles. The van der Waals surface area contributed by atoms with Gasteiger partial charge in [-0.15, -0.1) is 0 Å². The van der Waals surface area contributed by atoms with Gasteiger partial charge in [-0.2, -0.15) is 0 Å². The van der Waals surface area contributed by atoms with Gasteiger partial charge in [0.05, 0.1) is 5.92 Å². The Morgan fingerprint density at radius 1 is 1.21 bits per heavy atom. The molecule has 4 rings (SSSR count). The fourth-order valence-electron chi connectivity index (χ4n) is 3.87. The molecule has 24 heavy (non-hydrogen) atoms. The van der Waals surface area contributed by atoms with Gasteiger partial charge < -0.3 is 10.2 Å². The lowest BCUT2D eigenvalue weighted by molar-refractivity contribution is -0.129. The van der Waals surface area contributed by atoms with Crippen LogP contribution in [0.15, 0.2) is 24.3 Å². The van der Waals surface area contributed by atoms with Gasteiger partial charge in [-0.05, 0) is 30.4 Å². The summed E-state index contributed by atoms with van der Waals surface area (Å²) in [6, 6.07) is 9.01. The van der Waals surface area contributed by atoms with Crippen molar-refractivity contribution in [2.45, 2.75) is 38.3 Å². The molecule has 1 saturated heterocycles. The number of likely N-dealkylation sites (tertiary alicyclic amines) is 1. The highest BCUT2D eigenvalue weighted by Crippen LogP contribution is 2.32. The molecule has 0 aromatic heterocycles. The molecule has 2 heterocycles. The number of benzene rings is 1. The van der Waals surface area contributed by atoms with Crippen molar-refractivity contribution in [3.05, 3.63) is 35.4 Å². The number of nitrogens with zero attached hydrogens (tertiary/aromatic N) is 2. The first-order valence-electron chi connectivity index (χ1n) is 9.07. The van der Waals surface area contributed by atoms with Crippen molar-refractivity contribution in [1.29, 1.82) is 0 Å². The molecule has 1 aromatic carbocycles. The molecule has 5 heteroatoms. The van der Waals surface area contributed by atoms with Gasteiger partial charge in [-0.3, -0.25) is 14.5 Å². The summed E-state index contributed by atoms with van der Waals surface area (Å²) < 4.78 is 0. The van der Waals surface area contributed by atoms with Crippen LogP contribution in [-0.2, 0) is 22.6 Å². The van der Waals surface area contributed by atoms with Crippen molar-refractivity contribution in [3.8, 4) is 0 Å². The number of hydrogen-bond acceptors (Lipinski definition) is 3. The molecule has 1 unspecified atom stereocenters. The Labute approximate surface area is 143 Å². The molecule has 2 aliphatic heterocycles. The van der Waals surface area contributed by atoms with Gasteiger partial charge in [-0.1, -0.05) is 24.3 Å². The number of amides is 2. The third-order valence-electron chi connectivity index (χ3n) is 5.45. The third-order valence-corrected chi connectivity index (χ3v) is 5.45. The zero-order valence-electron chi connectivity index (χ0n) is 14.0. The van der Waals surface area contributed by atoms with Crippen LogP contribution in [-0.4, -0.2) is 53.8 Å². The van der Waals surface area contributed by atoms with E-state index in [2.05, 4.69) is 34.5 Å². The van der Waals surface area contributed by atoms with Gasteiger partial charge >= 0.3 is 0 Å². The predicted octanol–water partition coefficient (Wildman–Crippen LogP) is 1.17. The molecular weight excluding hydrogens is 302 g/mol. The van der Waals surface area contributed by atoms with Crippen LogP contribution in [0.2, 0.25) is 0 Å². The van der Waals surface area contributed by atoms with E-state index in [1.165, 1.54) is 11.1 Å². The van der Waals surface area contributed by atoms with Crippen LogP contribution >= 0.6 is 0 Å². The molecule has 0 bridgehead atoms. The summed E-state index contributed by atoms with van der Waals surface area (Å²) in [5, 5.41) is 3.04. The number of hydrogen-bond donors (Lipinski definition) is 1. The Kier molecular flexibility index (Phi) is 4.27. The van der Waals surface area contributed by atoms with Crippen molar-refractivity contribution in [3.63, 3.8) is 0 Å². The average molecular weight is 327 g/mol. The van der Waals surface area contributed by atoms with Crippen molar-refractivity contribution in [1.82, 2.24) is 15.1 Å². The molecular formula is C19H25N3O2.